The molecule has 5 heteroatoms. The van der Waals surface area contributed by atoms with Crippen LogP contribution in [0, 0.1) is 0 Å². The fraction of sp³-hybridized carbons (Fsp3) is 0.467. The molecular weight excluding hydrogens is 252 g/mol. The summed E-state index contributed by atoms with van der Waals surface area (Å²) < 4.78 is 5.29. The zero-order valence-corrected chi connectivity index (χ0v) is 11.5. The Kier molecular flexibility index (Phi) is 4.08. The van der Waals surface area contributed by atoms with Crippen molar-refractivity contribution in [1.82, 2.24) is 14.9 Å². The van der Waals surface area contributed by atoms with Gasteiger partial charge in [0.25, 0.3) is 0 Å². The molecule has 0 unspecified atom stereocenters. The predicted molar refractivity (Wildman–Crippen MR) is 76.8 cm³/mol. The first-order chi connectivity index (χ1) is 9.81. The van der Waals surface area contributed by atoms with Crippen LogP contribution in [0.15, 0.2) is 35.2 Å². The van der Waals surface area contributed by atoms with Gasteiger partial charge in [-0.15, -0.1) is 0 Å². The topological polar surface area (TPSA) is 68.2 Å². The van der Waals surface area contributed by atoms with Crippen LogP contribution in [0.2, 0.25) is 0 Å². The smallest absolute Gasteiger partial charge is 0.195 e. The zero-order chi connectivity index (χ0) is 13.8. The molecule has 2 N–H and O–H groups in total. The van der Waals surface area contributed by atoms with Crippen molar-refractivity contribution in [2.45, 2.75) is 31.8 Å². The van der Waals surface area contributed by atoms with Crippen molar-refractivity contribution in [3.05, 3.63) is 36.4 Å². The Bertz CT molecular complexity index is 523. The van der Waals surface area contributed by atoms with Crippen LogP contribution >= 0.6 is 0 Å². The maximum atomic E-state index is 6.08. The van der Waals surface area contributed by atoms with Gasteiger partial charge in [0.1, 0.15) is 0 Å². The largest absolute Gasteiger partial charge is 0.461 e. The second-order valence-electron chi connectivity index (χ2n) is 5.38. The molecule has 3 heterocycles. The van der Waals surface area contributed by atoms with Crippen LogP contribution in [0.25, 0.3) is 11.6 Å². The summed E-state index contributed by atoms with van der Waals surface area (Å²) in [5, 5.41) is 0. The van der Waals surface area contributed by atoms with E-state index < -0.39 is 0 Å². The summed E-state index contributed by atoms with van der Waals surface area (Å²) in [6.07, 6.45) is 8.96. The van der Waals surface area contributed by atoms with Crippen molar-refractivity contribution in [2.75, 3.05) is 13.1 Å². The van der Waals surface area contributed by atoms with Crippen molar-refractivity contribution < 1.29 is 4.42 Å². The molecule has 2 aromatic heterocycles. The minimum atomic E-state index is 0.292. The van der Waals surface area contributed by atoms with E-state index in [4.69, 9.17) is 10.2 Å². The number of aromatic nitrogens is 2. The van der Waals surface area contributed by atoms with Crippen LogP contribution in [-0.2, 0) is 6.54 Å². The van der Waals surface area contributed by atoms with Crippen molar-refractivity contribution in [3.8, 4) is 11.6 Å². The number of likely N-dealkylation sites (tertiary alicyclic amines) is 1. The molecule has 5 nitrogen and oxygen atoms in total. The summed E-state index contributed by atoms with van der Waals surface area (Å²) in [7, 11) is 0. The van der Waals surface area contributed by atoms with Crippen LogP contribution in [0.1, 0.15) is 24.8 Å². The number of furan rings is 1. The Morgan fingerprint density at radius 1 is 1.30 bits per heavy atom. The van der Waals surface area contributed by atoms with Crippen molar-refractivity contribution in [1.29, 1.82) is 0 Å². The van der Waals surface area contributed by atoms with E-state index in [0.29, 0.717) is 17.6 Å². The second kappa shape index (κ2) is 6.15. The maximum Gasteiger partial charge on any atom is 0.195 e. The number of hydrogen-bond donors (Lipinski definition) is 1. The first-order valence-corrected chi connectivity index (χ1v) is 7.14. The molecule has 0 aliphatic carbocycles. The summed E-state index contributed by atoms with van der Waals surface area (Å²) in [5.74, 6) is 1.33. The Hall–Kier alpha value is -1.72. The monoisotopic (exact) mass is 272 g/mol. The molecule has 1 aliphatic heterocycles. The van der Waals surface area contributed by atoms with Gasteiger partial charge in [0.05, 0.1) is 6.26 Å². The maximum absolute atomic E-state index is 6.08. The lowest BCUT2D eigenvalue weighted by molar-refractivity contribution is 0.264. The highest BCUT2D eigenvalue weighted by atomic mass is 16.3. The standard InChI is InChI=1S/C15H20N4O/c16-13-4-1-2-6-19(11-13)10-12-8-17-15(18-9-12)14-5-3-7-20-14/h3,5,7-9,13H,1-2,4,6,10-11,16H2/t13-/m0/s1. The van der Waals surface area contributed by atoms with E-state index in [1.54, 1.807) is 6.26 Å². The van der Waals surface area contributed by atoms with Gasteiger partial charge in [-0.3, -0.25) is 4.90 Å². The minimum absolute atomic E-state index is 0.292. The van der Waals surface area contributed by atoms with Gasteiger partial charge in [-0.2, -0.15) is 0 Å². The van der Waals surface area contributed by atoms with Crippen LogP contribution in [-0.4, -0.2) is 34.0 Å². The first kappa shape index (κ1) is 13.3. The van der Waals surface area contributed by atoms with E-state index in [1.165, 1.54) is 12.8 Å². The molecule has 1 fully saturated rings. The molecule has 2 aromatic rings. The van der Waals surface area contributed by atoms with E-state index in [0.717, 1.165) is 31.6 Å². The van der Waals surface area contributed by atoms with Gasteiger partial charge in [-0.1, -0.05) is 6.42 Å². The molecule has 106 valence electrons. The highest BCUT2D eigenvalue weighted by Crippen LogP contribution is 2.16. The fourth-order valence-electron chi connectivity index (χ4n) is 2.63. The Morgan fingerprint density at radius 3 is 2.90 bits per heavy atom. The minimum Gasteiger partial charge on any atom is -0.461 e. The van der Waals surface area contributed by atoms with Crippen molar-refractivity contribution in [3.63, 3.8) is 0 Å². The third-order valence-electron chi connectivity index (χ3n) is 3.65. The molecule has 1 atom stereocenters. The van der Waals surface area contributed by atoms with Crippen molar-refractivity contribution in [2.24, 2.45) is 5.73 Å². The summed E-state index contributed by atoms with van der Waals surface area (Å²) in [4.78, 5) is 11.1. The van der Waals surface area contributed by atoms with Crippen LogP contribution in [0.5, 0.6) is 0 Å². The molecular formula is C15H20N4O. The Balaban J connectivity index is 1.65. The molecule has 1 aliphatic rings. The van der Waals surface area contributed by atoms with E-state index in [2.05, 4.69) is 14.9 Å². The molecule has 1 saturated heterocycles. The van der Waals surface area contributed by atoms with Gasteiger partial charge in [0, 0.05) is 37.1 Å². The van der Waals surface area contributed by atoms with Crippen LogP contribution in [0.4, 0.5) is 0 Å². The summed E-state index contributed by atoms with van der Waals surface area (Å²) in [5.41, 5.74) is 7.20. The van der Waals surface area contributed by atoms with Gasteiger partial charge in [0.15, 0.2) is 11.6 Å². The van der Waals surface area contributed by atoms with Gasteiger partial charge < -0.3 is 10.2 Å². The van der Waals surface area contributed by atoms with Gasteiger partial charge in [-0.25, -0.2) is 9.97 Å². The van der Waals surface area contributed by atoms with Crippen LogP contribution < -0.4 is 5.73 Å². The lowest BCUT2D eigenvalue weighted by atomic mass is 10.2. The number of nitrogens with two attached hydrogens (primary N) is 1. The van der Waals surface area contributed by atoms with Gasteiger partial charge in [-0.05, 0) is 31.5 Å². The van der Waals surface area contributed by atoms with Gasteiger partial charge in [0.2, 0.25) is 0 Å². The first-order valence-electron chi connectivity index (χ1n) is 7.14. The SMILES string of the molecule is N[C@H]1CCCCN(Cc2cnc(-c3ccco3)nc2)C1. The Labute approximate surface area is 118 Å². The lowest BCUT2D eigenvalue weighted by Gasteiger charge is -2.21. The van der Waals surface area contributed by atoms with Crippen molar-refractivity contribution >= 4 is 0 Å². The average molecular weight is 272 g/mol. The highest BCUT2D eigenvalue weighted by Gasteiger charge is 2.15. The average Bonchev–Trinajstić information content (AvgIpc) is 2.91. The zero-order valence-electron chi connectivity index (χ0n) is 11.5. The van der Waals surface area contributed by atoms with E-state index in [9.17, 15) is 0 Å². The second-order valence-corrected chi connectivity index (χ2v) is 5.38. The highest BCUT2D eigenvalue weighted by molar-refractivity contribution is 5.45. The number of hydrogen-bond acceptors (Lipinski definition) is 5. The quantitative estimate of drug-likeness (QED) is 0.926. The molecule has 0 bridgehead atoms. The molecule has 0 saturated carbocycles. The normalized spacial score (nSPS) is 20.8. The number of rotatable bonds is 3. The molecule has 0 radical (unpaired) electrons. The molecule has 0 spiro atoms. The molecule has 0 aromatic carbocycles. The summed E-state index contributed by atoms with van der Waals surface area (Å²) in [6, 6.07) is 3.99. The third-order valence-corrected chi connectivity index (χ3v) is 3.65. The van der Waals surface area contributed by atoms with E-state index in [-0.39, 0.29) is 0 Å². The summed E-state index contributed by atoms with van der Waals surface area (Å²) in [6.45, 7) is 2.93. The predicted octanol–water partition coefficient (Wildman–Crippen LogP) is 2.05. The lowest BCUT2D eigenvalue weighted by Crippen LogP contribution is -2.35. The van der Waals surface area contributed by atoms with Crippen LogP contribution in [0.3, 0.4) is 0 Å². The van der Waals surface area contributed by atoms with Gasteiger partial charge >= 0.3 is 0 Å². The third kappa shape index (κ3) is 3.23. The number of nitrogens with zero attached hydrogens (tertiary/aromatic N) is 3. The summed E-state index contributed by atoms with van der Waals surface area (Å²) >= 11 is 0. The van der Waals surface area contributed by atoms with E-state index in [1.807, 2.05) is 24.5 Å². The Morgan fingerprint density at radius 2 is 2.15 bits per heavy atom. The molecule has 0 amide bonds. The fourth-order valence-corrected chi connectivity index (χ4v) is 2.63. The molecule has 20 heavy (non-hydrogen) atoms. The molecule has 3 rings (SSSR count). The van der Waals surface area contributed by atoms with E-state index >= 15 is 0 Å².